The first-order valence-corrected chi connectivity index (χ1v) is 7.33. The summed E-state index contributed by atoms with van der Waals surface area (Å²) in [5, 5.41) is 14.5. The molecule has 0 unspecified atom stereocenters. The van der Waals surface area contributed by atoms with Crippen molar-refractivity contribution >= 4 is 32.9 Å². The van der Waals surface area contributed by atoms with Crippen molar-refractivity contribution in [3.05, 3.63) is 27.8 Å². The van der Waals surface area contributed by atoms with E-state index in [1.165, 1.54) is 11.3 Å². The first-order valence-electron chi connectivity index (χ1n) is 6.45. The molecule has 1 N–H and O–H groups in total. The van der Waals surface area contributed by atoms with Crippen molar-refractivity contribution in [2.45, 2.75) is 24.9 Å². The smallest absolute Gasteiger partial charge is 0.319 e. The van der Waals surface area contributed by atoms with Gasteiger partial charge in [0.15, 0.2) is 5.52 Å². The Balaban J connectivity index is 1.90. The van der Waals surface area contributed by atoms with Crippen molar-refractivity contribution < 1.29 is 9.66 Å². The van der Waals surface area contributed by atoms with E-state index in [0.29, 0.717) is 17.7 Å². The summed E-state index contributed by atoms with van der Waals surface area (Å²) in [6.07, 6.45) is 3.12. The largest absolute Gasteiger partial charge is 0.377 e. The van der Waals surface area contributed by atoms with Crippen molar-refractivity contribution in [1.29, 1.82) is 0 Å². The third-order valence-electron chi connectivity index (χ3n) is 3.96. The molecule has 1 aliphatic carbocycles. The molecule has 7 heteroatoms. The number of benzene rings is 1. The highest BCUT2D eigenvalue weighted by molar-refractivity contribution is 7.16. The standard InChI is InChI=1S/C13H15N3O3S/c1-19-13(5-2-6-13)7-14-9-3-4-10-11(15-8-20-10)12(9)16(17)18/h3-4,8,14H,2,5-7H2,1H3. The number of nitro groups is 1. The lowest BCUT2D eigenvalue weighted by Gasteiger charge is -2.40. The van der Waals surface area contributed by atoms with Gasteiger partial charge in [0.1, 0.15) is 5.69 Å². The molecule has 20 heavy (non-hydrogen) atoms. The van der Waals surface area contributed by atoms with Crippen molar-refractivity contribution in [2.24, 2.45) is 0 Å². The van der Waals surface area contributed by atoms with Crippen molar-refractivity contribution in [2.75, 3.05) is 19.0 Å². The topological polar surface area (TPSA) is 77.3 Å². The molecule has 1 heterocycles. The van der Waals surface area contributed by atoms with Crippen LogP contribution in [0.15, 0.2) is 17.6 Å². The zero-order chi connectivity index (χ0) is 14.2. The number of hydrogen-bond donors (Lipinski definition) is 1. The van der Waals surface area contributed by atoms with Gasteiger partial charge in [-0.25, -0.2) is 4.98 Å². The van der Waals surface area contributed by atoms with Crippen LogP contribution in [0, 0.1) is 10.1 Å². The van der Waals surface area contributed by atoms with Crippen molar-refractivity contribution in [3.8, 4) is 0 Å². The van der Waals surface area contributed by atoms with Crippen LogP contribution in [0.25, 0.3) is 10.2 Å². The van der Waals surface area contributed by atoms with Crippen LogP contribution in [-0.2, 0) is 4.74 Å². The molecule has 1 aromatic heterocycles. The van der Waals surface area contributed by atoms with Crippen LogP contribution in [-0.4, -0.2) is 29.2 Å². The maximum atomic E-state index is 11.3. The van der Waals surface area contributed by atoms with Crippen LogP contribution < -0.4 is 5.32 Å². The summed E-state index contributed by atoms with van der Waals surface area (Å²) >= 11 is 1.40. The Morgan fingerprint density at radius 2 is 2.35 bits per heavy atom. The lowest BCUT2D eigenvalue weighted by molar-refractivity contribution is -0.382. The molecule has 2 aromatic rings. The number of methoxy groups -OCH3 is 1. The van der Waals surface area contributed by atoms with Crippen LogP contribution in [0.5, 0.6) is 0 Å². The maximum Gasteiger partial charge on any atom is 0.319 e. The predicted octanol–water partition coefficient (Wildman–Crippen LogP) is 3.19. The summed E-state index contributed by atoms with van der Waals surface area (Å²) in [6.45, 7) is 0.583. The lowest BCUT2D eigenvalue weighted by Crippen LogP contribution is -2.45. The second-order valence-electron chi connectivity index (χ2n) is 5.01. The van der Waals surface area contributed by atoms with E-state index in [1.807, 2.05) is 6.07 Å². The Labute approximate surface area is 119 Å². The molecule has 1 fully saturated rings. The molecule has 0 aliphatic heterocycles. The normalized spacial score (nSPS) is 16.9. The number of nitro benzene ring substituents is 1. The second kappa shape index (κ2) is 4.99. The Morgan fingerprint density at radius 3 is 2.95 bits per heavy atom. The highest BCUT2D eigenvalue weighted by Crippen LogP contribution is 2.38. The first kappa shape index (κ1) is 13.3. The number of nitrogens with zero attached hydrogens (tertiary/aromatic N) is 2. The van der Waals surface area contributed by atoms with E-state index in [9.17, 15) is 10.1 Å². The van der Waals surface area contributed by atoms with Gasteiger partial charge in [-0.15, -0.1) is 11.3 Å². The predicted molar refractivity (Wildman–Crippen MR) is 78.4 cm³/mol. The molecule has 3 rings (SSSR count). The number of aromatic nitrogens is 1. The summed E-state index contributed by atoms with van der Waals surface area (Å²) in [5.41, 5.74) is 2.46. The zero-order valence-electron chi connectivity index (χ0n) is 11.1. The summed E-state index contributed by atoms with van der Waals surface area (Å²) in [4.78, 5) is 15.0. The van der Waals surface area contributed by atoms with E-state index in [-0.39, 0.29) is 16.2 Å². The molecule has 0 saturated heterocycles. The minimum atomic E-state index is -0.370. The molecule has 106 valence electrons. The molecule has 1 saturated carbocycles. The molecule has 0 bridgehead atoms. The Kier molecular flexibility index (Phi) is 3.31. The minimum Gasteiger partial charge on any atom is -0.377 e. The van der Waals surface area contributed by atoms with Gasteiger partial charge >= 0.3 is 5.69 Å². The third kappa shape index (κ3) is 2.12. The summed E-state index contributed by atoms with van der Waals surface area (Å²) in [7, 11) is 1.69. The van der Waals surface area contributed by atoms with Crippen molar-refractivity contribution in [1.82, 2.24) is 4.98 Å². The van der Waals surface area contributed by atoms with Gasteiger partial charge in [-0.1, -0.05) is 0 Å². The third-order valence-corrected chi connectivity index (χ3v) is 4.75. The van der Waals surface area contributed by atoms with E-state index in [1.54, 1.807) is 18.7 Å². The van der Waals surface area contributed by atoms with Crippen LogP contribution in [0.3, 0.4) is 0 Å². The van der Waals surface area contributed by atoms with Gasteiger partial charge in [0.2, 0.25) is 0 Å². The highest BCUT2D eigenvalue weighted by atomic mass is 32.1. The highest BCUT2D eigenvalue weighted by Gasteiger charge is 2.37. The van der Waals surface area contributed by atoms with Gasteiger partial charge in [0.25, 0.3) is 0 Å². The molecule has 1 aliphatic rings. The number of fused-ring (bicyclic) bond motifs is 1. The Morgan fingerprint density at radius 1 is 1.55 bits per heavy atom. The number of nitrogens with one attached hydrogen (secondary N) is 1. The zero-order valence-corrected chi connectivity index (χ0v) is 11.9. The fourth-order valence-electron chi connectivity index (χ4n) is 2.52. The number of anilines is 1. The average Bonchev–Trinajstić information content (AvgIpc) is 2.85. The minimum absolute atomic E-state index is 0.0503. The van der Waals surface area contributed by atoms with Gasteiger partial charge < -0.3 is 10.1 Å². The molecule has 1 aromatic carbocycles. The van der Waals surface area contributed by atoms with E-state index in [0.717, 1.165) is 24.0 Å². The van der Waals surface area contributed by atoms with Gasteiger partial charge in [-0.05, 0) is 31.4 Å². The Bertz CT molecular complexity index is 646. The van der Waals surface area contributed by atoms with E-state index >= 15 is 0 Å². The molecule has 0 atom stereocenters. The lowest BCUT2D eigenvalue weighted by atomic mass is 9.80. The fourth-order valence-corrected chi connectivity index (χ4v) is 3.20. The molecular formula is C13H15N3O3S. The number of hydrogen-bond acceptors (Lipinski definition) is 6. The van der Waals surface area contributed by atoms with Gasteiger partial charge in [-0.2, -0.15) is 0 Å². The monoisotopic (exact) mass is 293 g/mol. The maximum absolute atomic E-state index is 11.3. The van der Waals surface area contributed by atoms with Crippen LogP contribution in [0.1, 0.15) is 19.3 Å². The van der Waals surface area contributed by atoms with Gasteiger partial charge in [-0.3, -0.25) is 10.1 Å². The van der Waals surface area contributed by atoms with Crippen LogP contribution in [0.2, 0.25) is 0 Å². The summed E-state index contributed by atoms with van der Waals surface area (Å²) in [5.74, 6) is 0. The van der Waals surface area contributed by atoms with Gasteiger partial charge in [0.05, 0.1) is 20.7 Å². The quantitative estimate of drug-likeness (QED) is 0.676. The molecule has 6 nitrogen and oxygen atoms in total. The average molecular weight is 293 g/mol. The molecule has 0 amide bonds. The molecular weight excluding hydrogens is 278 g/mol. The Hall–Kier alpha value is -1.73. The first-order chi connectivity index (χ1) is 9.65. The second-order valence-corrected chi connectivity index (χ2v) is 5.90. The van der Waals surface area contributed by atoms with Gasteiger partial charge in [0, 0.05) is 13.7 Å². The van der Waals surface area contributed by atoms with Crippen LogP contribution >= 0.6 is 11.3 Å². The van der Waals surface area contributed by atoms with Crippen LogP contribution in [0.4, 0.5) is 11.4 Å². The van der Waals surface area contributed by atoms with E-state index < -0.39 is 0 Å². The summed E-state index contributed by atoms with van der Waals surface area (Å²) < 4.78 is 6.35. The van der Waals surface area contributed by atoms with Crippen molar-refractivity contribution in [3.63, 3.8) is 0 Å². The fraction of sp³-hybridized carbons (Fsp3) is 0.462. The number of rotatable bonds is 5. The number of thiazole rings is 1. The molecule has 0 spiro atoms. The summed E-state index contributed by atoms with van der Waals surface area (Å²) in [6, 6.07) is 3.61. The SMILES string of the molecule is COC1(CNc2ccc3scnc3c2[N+](=O)[O-])CCC1. The van der Waals surface area contributed by atoms with E-state index in [2.05, 4.69) is 10.3 Å². The molecule has 0 radical (unpaired) electrons. The number of ether oxygens (including phenoxy) is 1. The van der Waals surface area contributed by atoms with E-state index in [4.69, 9.17) is 4.74 Å².